The first-order valence-electron chi connectivity index (χ1n) is 7.37. The average Bonchev–Trinajstić information content (AvgIpc) is 3.00. The third-order valence-corrected chi connectivity index (χ3v) is 3.93. The molecule has 22 heavy (non-hydrogen) atoms. The predicted octanol–water partition coefficient (Wildman–Crippen LogP) is 2.25. The lowest BCUT2D eigenvalue weighted by Gasteiger charge is -2.29. The molecule has 0 saturated carbocycles. The number of rotatable bonds is 4. The number of aromatic carboxylic acids is 1. The molecule has 1 fully saturated rings. The maximum absolute atomic E-state index is 11.0. The van der Waals surface area contributed by atoms with Gasteiger partial charge in [-0.1, -0.05) is 12.1 Å². The third kappa shape index (κ3) is 3.12. The molecule has 2 N–H and O–H groups in total. The van der Waals surface area contributed by atoms with E-state index in [0.717, 1.165) is 37.2 Å². The second-order valence-corrected chi connectivity index (χ2v) is 5.59. The molecule has 0 unspecified atom stereocenters. The summed E-state index contributed by atoms with van der Waals surface area (Å²) in [7, 11) is 2.11. The van der Waals surface area contributed by atoms with Crippen molar-refractivity contribution in [2.75, 3.05) is 20.1 Å². The van der Waals surface area contributed by atoms with Crippen molar-refractivity contribution in [3.8, 4) is 17.0 Å². The molecule has 1 aliphatic rings. The molecule has 2 aromatic rings. The number of hydrogen-bond donors (Lipinski definition) is 2. The van der Waals surface area contributed by atoms with Gasteiger partial charge in [-0.2, -0.15) is 5.10 Å². The van der Waals surface area contributed by atoms with Gasteiger partial charge in [0.2, 0.25) is 0 Å². The lowest BCUT2D eigenvalue weighted by atomic mass is 10.1. The highest BCUT2D eigenvalue weighted by atomic mass is 16.5. The molecule has 0 spiro atoms. The smallest absolute Gasteiger partial charge is 0.353 e. The van der Waals surface area contributed by atoms with Gasteiger partial charge in [0.1, 0.15) is 17.5 Å². The monoisotopic (exact) mass is 301 g/mol. The number of aromatic nitrogens is 2. The largest absolute Gasteiger partial charge is 0.490 e. The van der Waals surface area contributed by atoms with E-state index in [9.17, 15) is 4.79 Å². The number of H-pyrrole nitrogens is 1. The molecule has 2 heterocycles. The van der Waals surface area contributed by atoms with E-state index in [1.807, 2.05) is 24.3 Å². The Kier molecular flexibility index (Phi) is 4.11. The van der Waals surface area contributed by atoms with Crippen LogP contribution in [0.1, 0.15) is 23.3 Å². The summed E-state index contributed by atoms with van der Waals surface area (Å²) >= 11 is 0. The van der Waals surface area contributed by atoms with Gasteiger partial charge >= 0.3 is 5.97 Å². The summed E-state index contributed by atoms with van der Waals surface area (Å²) in [5.74, 6) is -0.270. The number of benzene rings is 1. The van der Waals surface area contributed by atoms with Crippen molar-refractivity contribution < 1.29 is 14.6 Å². The van der Waals surface area contributed by atoms with Gasteiger partial charge in [-0.3, -0.25) is 5.10 Å². The number of nitrogens with one attached hydrogen (secondary N) is 1. The fourth-order valence-corrected chi connectivity index (χ4v) is 2.63. The normalized spacial score (nSPS) is 16.6. The Morgan fingerprint density at radius 3 is 2.77 bits per heavy atom. The van der Waals surface area contributed by atoms with E-state index in [1.165, 1.54) is 6.07 Å². The van der Waals surface area contributed by atoms with Gasteiger partial charge in [0.25, 0.3) is 0 Å². The molecule has 1 aromatic carbocycles. The van der Waals surface area contributed by atoms with E-state index in [4.69, 9.17) is 9.84 Å². The van der Waals surface area contributed by atoms with Crippen LogP contribution in [-0.2, 0) is 0 Å². The number of carboxylic acid groups (broad SMARTS) is 1. The van der Waals surface area contributed by atoms with Gasteiger partial charge < -0.3 is 14.7 Å². The number of ether oxygens (including phenoxy) is 1. The van der Waals surface area contributed by atoms with Crippen LogP contribution in [0.4, 0.5) is 0 Å². The van der Waals surface area contributed by atoms with E-state index in [2.05, 4.69) is 22.1 Å². The molecule has 0 atom stereocenters. The Balaban J connectivity index is 1.81. The summed E-state index contributed by atoms with van der Waals surface area (Å²) in [6, 6.07) is 9.14. The van der Waals surface area contributed by atoms with Gasteiger partial charge in [0.05, 0.1) is 5.69 Å². The summed E-state index contributed by atoms with van der Waals surface area (Å²) in [4.78, 5) is 13.3. The predicted molar refractivity (Wildman–Crippen MR) is 82.1 cm³/mol. The van der Waals surface area contributed by atoms with E-state index in [-0.39, 0.29) is 11.8 Å². The molecule has 0 radical (unpaired) electrons. The Hall–Kier alpha value is -2.34. The standard InChI is InChI=1S/C16H19N3O3/c1-19-8-6-11(7-9-19)22-15-5-3-2-4-12(15)13-10-14(16(20)21)18-17-13/h2-5,10-11H,6-9H2,1H3,(H,17,18)(H,20,21). The van der Waals surface area contributed by atoms with Crippen molar-refractivity contribution in [2.45, 2.75) is 18.9 Å². The molecular formula is C16H19N3O3. The Labute approximate surface area is 128 Å². The minimum atomic E-state index is -1.02. The molecule has 6 nitrogen and oxygen atoms in total. The van der Waals surface area contributed by atoms with Crippen molar-refractivity contribution in [1.29, 1.82) is 0 Å². The minimum Gasteiger partial charge on any atom is -0.490 e. The van der Waals surface area contributed by atoms with Gasteiger partial charge in [-0.15, -0.1) is 0 Å². The second kappa shape index (κ2) is 6.19. The number of likely N-dealkylation sites (tertiary alicyclic amines) is 1. The fraction of sp³-hybridized carbons (Fsp3) is 0.375. The highest BCUT2D eigenvalue weighted by molar-refractivity contribution is 5.87. The van der Waals surface area contributed by atoms with E-state index in [1.54, 1.807) is 0 Å². The molecule has 0 amide bonds. The summed E-state index contributed by atoms with van der Waals surface area (Å²) < 4.78 is 6.13. The first kappa shape index (κ1) is 14.6. The molecule has 0 bridgehead atoms. The number of piperidine rings is 1. The van der Waals surface area contributed by atoms with Gasteiger partial charge in [-0.25, -0.2) is 4.79 Å². The first-order valence-corrected chi connectivity index (χ1v) is 7.37. The van der Waals surface area contributed by atoms with Crippen LogP contribution < -0.4 is 4.74 Å². The zero-order valence-corrected chi connectivity index (χ0v) is 12.5. The Morgan fingerprint density at radius 1 is 1.36 bits per heavy atom. The van der Waals surface area contributed by atoms with Crippen LogP contribution in [0.15, 0.2) is 30.3 Å². The van der Waals surface area contributed by atoms with Crippen LogP contribution in [0.5, 0.6) is 5.75 Å². The van der Waals surface area contributed by atoms with Gasteiger partial charge in [-0.05, 0) is 38.1 Å². The van der Waals surface area contributed by atoms with Crippen molar-refractivity contribution in [3.05, 3.63) is 36.0 Å². The fourth-order valence-electron chi connectivity index (χ4n) is 2.63. The summed E-state index contributed by atoms with van der Waals surface area (Å²) in [5, 5.41) is 15.6. The third-order valence-electron chi connectivity index (χ3n) is 3.93. The first-order chi connectivity index (χ1) is 10.6. The van der Waals surface area contributed by atoms with Crippen molar-refractivity contribution in [3.63, 3.8) is 0 Å². The topological polar surface area (TPSA) is 78.5 Å². The molecule has 1 aromatic heterocycles. The highest BCUT2D eigenvalue weighted by Crippen LogP contribution is 2.30. The van der Waals surface area contributed by atoms with Crippen LogP contribution in [0.3, 0.4) is 0 Å². The maximum atomic E-state index is 11.0. The van der Waals surface area contributed by atoms with Crippen molar-refractivity contribution in [2.24, 2.45) is 0 Å². The summed E-state index contributed by atoms with van der Waals surface area (Å²) in [6.07, 6.45) is 2.17. The average molecular weight is 301 g/mol. The van der Waals surface area contributed by atoms with Crippen molar-refractivity contribution >= 4 is 5.97 Å². The van der Waals surface area contributed by atoms with Crippen LogP contribution >= 0.6 is 0 Å². The van der Waals surface area contributed by atoms with Gasteiger partial charge in [0.15, 0.2) is 0 Å². The zero-order chi connectivity index (χ0) is 15.5. The number of para-hydroxylation sites is 1. The number of carbonyl (C=O) groups is 1. The number of carboxylic acids is 1. The number of aromatic amines is 1. The molecule has 6 heteroatoms. The minimum absolute atomic E-state index is 0.0732. The molecule has 1 saturated heterocycles. The number of nitrogens with zero attached hydrogens (tertiary/aromatic N) is 2. The van der Waals surface area contributed by atoms with Gasteiger partial charge in [0, 0.05) is 18.7 Å². The maximum Gasteiger partial charge on any atom is 0.353 e. The number of hydrogen-bond acceptors (Lipinski definition) is 4. The molecular weight excluding hydrogens is 282 g/mol. The van der Waals surface area contributed by atoms with Crippen LogP contribution in [0, 0.1) is 0 Å². The molecule has 116 valence electrons. The quantitative estimate of drug-likeness (QED) is 0.905. The molecule has 3 rings (SSSR count). The van der Waals surface area contributed by atoms with E-state index >= 15 is 0 Å². The van der Waals surface area contributed by atoms with E-state index < -0.39 is 5.97 Å². The van der Waals surface area contributed by atoms with Crippen molar-refractivity contribution in [1.82, 2.24) is 15.1 Å². The lowest BCUT2D eigenvalue weighted by molar-refractivity contribution is 0.0690. The SMILES string of the molecule is CN1CCC(Oc2ccccc2-c2cc(C(=O)O)[nH]n2)CC1. The summed E-state index contributed by atoms with van der Waals surface area (Å²) in [5.41, 5.74) is 1.47. The van der Waals surface area contributed by atoms with E-state index in [0.29, 0.717) is 5.69 Å². The lowest BCUT2D eigenvalue weighted by Crippen LogP contribution is -2.35. The van der Waals surface area contributed by atoms with Crippen LogP contribution in [0.2, 0.25) is 0 Å². The molecule has 0 aliphatic carbocycles. The van der Waals surface area contributed by atoms with Crippen LogP contribution in [-0.4, -0.2) is 52.4 Å². The van der Waals surface area contributed by atoms with Crippen LogP contribution in [0.25, 0.3) is 11.3 Å². The molecule has 1 aliphatic heterocycles. The zero-order valence-electron chi connectivity index (χ0n) is 12.5. The Morgan fingerprint density at radius 2 is 2.09 bits per heavy atom. The second-order valence-electron chi connectivity index (χ2n) is 5.59. The summed E-state index contributed by atoms with van der Waals surface area (Å²) in [6.45, 7) is 2.05. The highest BCUT2D eigenvalue weighted by Gasteiger charge is 2.20. The Bertz CT molecular complexity index is 660.